The first-order valence-electron chi connectivity index (χ1n) is 5.81. The Morgan fingerprint density at radius 2 is 1.80 bits per heavy atom. The predicted octanol–water partition coefficient (Wildman–Crippen LogP) is 4.05. The largest absolute Gasteiger partial charge is 0.487 e. The van der Waals surface area contributed by atoms with E-state index in [1.807, 2.05) is 0 Å². The summed E-state index contributed by atoms with van der Waals surface area (Å²) in [7, 11) is 0. The summed E-state index contributed by atoms with van der Waals surface area (Å²) >= 11 is 5.48. The lowest BCUT2D eigenvalue weighted by molar-refractivity contribution is -0.137. The average molecular weight is 334 g/mol. The van der Waals surface area contributed by atoms with Gasteiger partial charge in [0.05, 0.1) is 10.6 Å². The second-order valence-electron chi connectivity index (χ2n) is 4.34. The highest BCUT2D eigenvalue weighted by molar-refractivity contribution is 6.31. The molecule has 1 aliphatic rings. The zero-order chi connectivity index (χ0) is 14.0. The minimum Gasteiger partial charge on any atom is -0.487 e. The number of benzene rings is 1. The fraction of sp³-hybridized carbons (Fsp3) is 0.500. The normalized spacial score (nSPS) is 16.6. The zero-order valence-corrected chi connectivity index (χ0v) is 11.8. The van der Waals surface area contributed by atoms with E-state index in [2.05, 4.69) is 5.32 Å². The molecule has 0 bridgehead atoms. The van der Waals surface area contributed by atoms with E-state index in [-0.39, 0.29) is 18.5 Å². The molecule has 1 heterocycles. The van der Waals surface area contributed by atoms with Gasteiger partial charge in [-0.2, -0.15) is 13.2 Å². The minimum atomic E-state index is -4.58. The number of hydrogen-bond acceptors (Lipinski definition) is 2. The van der Waals surface area contributed by atoms with E-state index < -0.39 is 28.3 Å². The summed E-state index contributed by atoms with van der Waals surface area (Å²) in [4.78, 5) is 0. The van der Waals surface area contributed by atoms with Crippen molar-refractivity contribution in [2.45, 2.75) is 25.1 Å². The number of hydrogen-bond donors (Lipinski definition) is 1. The van der Waals surface area contributed by atoms with Gasteiger partial charge in [0.1, 0.15) is 6.10 Å². The van der Waals surface area contributed by atoms with Gasteiger partial charge in [0.15, 0.2) is 11.6 Å². The highest BCUT2D eigenvalue weighted by atomic mass is 35.5. The summed E-state index contributed by atoms with van der Waals surface area (Å²) in [5.74, 6) is -1.39. The molecule has 0 spiro atoms. The molecule has 1 aromatic rings. The summed E-state index contributed by atoms with van der Waals surface area (Å²) in [6.07, 6.45) is -3.64. The second kappa shape index (κ2) is 6.83. The van der Waals surface area contributed by atoms with Crippen molar-refractivity contribution >= 4 is 24.0 Å². The van der Waals surface area contributed by atoms with Crippen molar-refractivity contribution in [1.29, 1.82) is 0 Å². The van der Waals surface area contributed by atoms with Crippen molar-refractivity contribution < 1.29 is 22.3 Å². The van der Waals surface area contributed by atoms with Crippen LogP contribution in [0.5, 0.6) is 5.75 Å². The molecule has 0 unspecified atom stereocenters. The Morgan fingerprint density at radius 1 is 1.20 bits per heavy atom. The van der Waals surface area contributed by atoms with Gasteiger partial charge in [-0.25, -0.2) is 4.39 Å². The van der Waals surface area contributed by atoms with Crippen LogP contribution in [0.1, 0.15) is 18.4 Å². The Kier molecular flexibility index (Phi) is 5.91. The lowest BCUT2D eigenvalue weighted by Gasteiger charge is -2.24. The smallest absolute Gasteiger partial charge is 0.416 e. The maximum Gasteiger partial charge on any atom is 0.416 e. The van der Waals surface area contributed by atoms with Gasteiger partial charge in [-0.15, -0.1) is 12.4 Å². The Morgan fingerprint density at radius 3 is 2.35 bits per heavy atom. The Bertz CT molecular complexity index is 462. The number of ether oxygens (including phenoxy) is 1. The molecule has 1 saturated heterocycles. The van der Waals surface area contributed by atoms with Gasteiger partial charge in [-0.1, -0.05) is 11.6 Å². The lowest BCUT2D eigenvalue weighted by atomic mass is 10.1. The van der Waals surface area contributed by atoms with Crippen LogP contribution < -0.4 is 10.1 Å². The van der Waals surface area contributed by atoms with E-state index in [0.717, 1.165) is 0 Å². The van der Waals surface area contributed by atoms with Crippen molar-refractivity contribution in [3.63, 3.8) is 0 Å². The van der Waals surface area contributed by atoms with E-state index in [1.165, 1.54) is 0 Å². The minimum absolute atomic E-state index is 0. The SMILES string of the molecule is Cl.Fc1c(Cl)cc(C(F)(F)F)cc1OC1CCNCC1. The van der Waals surface area contributed by atoms with Gasteiger partial charge in [0.2, 0.25) is 0 Å². The fourth-order valence-electron chi connectivity index (χ4n) is 1.91. The summed E-state index contributed by atoms with van der Waals surface area (Å²) in [6, 6.07) is 1.22. The highest BCUT2D eigenvalue weighted by Gasteiger charge is 2.33. The van der Waals surface area contributed by atoms with Crippen LogP contribution in [0, 0.1) is 5.82 Å². The molecular weight excluding hydrogens is 321 g/mol. The number of piperidine rings is 1. The molecule has 8 heteroatoms. The third kappa shape index (κ3) is 4.14. The third-order valence-electron chi connectivity index (χ3n) is 2.90. The Hall–Kier alpha value is -0.720. The molecule has 0 amide bonds. The molecule has 0 aromatic heterocycles. The van der Waals surface area contributed by atoms with Gasteiger partial charge >= 0.3 is 6.18 Å². The van der Waals surface area contributed by atoms with Crippen molar-refractivity contribution in [3.05, 3.63) is 28.5 Å². The van der Waals surface area contributed by atoms with E-state index >= 15 is 0 Å². The van der Waals surface area contributed by atoms with Crippen molar-refractivity contribution in [2.24, 2.45) is 0 Å². The van der Waals surface area contributed by atoms with Crippen LogP contribution >= 0.6 is 24.0 Å². The Balaban J connectivity index is 0.00000200. The monoisotopic (exact) mass is 333 g/mol. The van der Waals surface area contributed by atoms with Gasteiger partial charge < -0.3 is 10.1 Å². The second-order valence-corrected chi connectivity index (χ2v) is 4.74. The molecule has 1 aromatic carbocycles. The fourth-order valence-corrected chi connectivity index (χ4v) is 2.12. The number of rotatable bonds is 2. The lowest BCUT2D eigenvalue weighted by Crippen LogP contribution is -2.34. The molecule has 0 aliphatic carbocycles. The van der Waals surface area contributed by atoms with E-state index in [1.54, 1.807) is 0 Å². The first-order chi connectivity index (χ1) is 8.88. The van der Waals surface area contributed by atoms with E-state index in [4.69, 9.17) is 16.3 Å². The third-order valence-corrected chi connectivity index (χ3v) is 3.18. The molecular formula is C12H13Cl2F4NO. The van der Waals surface area contributed by atoms with E-state index in [0.29, 0.717) is 38.1 Å². The molecule has 0 saturated carbocycles. The molecule has 0 radical (unpaired) electrons. The van der Waals surface area contributed by atoms with Crippen molar-refractivity contribution in [3.8, 4) is 5.75 Å². The van der Waals surface area contributed by atoms with Gasteiger partial charge in [0, 0.05) is 0 Å². The van der Waals surface area contributed by atoms with Crippen LogP contribution in [0.2, 0.25) is 5.02 Å². The van der Waals surface area contributed by atoms with Crippen LogP contribution in [0.25, 0.3) is 0 Å². The summed E-state index contributed by atoms with van der Waals surface area (Å²) in [6.45, 7) is 1.39. The topological polar surface area (TPSA) is 21.3 Å². The standard InChI is InChI=1S/C12H12ClF4NO.ClH/c13-9-5-7(12(15,16)17)6-10(11(9)14)19-8-1-3-18-4-2-8;/h5-6,8,18H,1-4H2;1H. The summed E-state index contributed by atoms with van der Waals surface area (Å²) in [5, 5.41) is 2.50. The zero-order valence-electron chi connectivity index (χ0n) is 10.3. The molecule has 2 rings (SSSR count). The van der Waals surface area contributed by atoms with Crippen LogP contribution in [-0.2, 0) is 6.18 Å². The van der Waals surface area contributed by atoms with E-state index in [9.17, 15) is 17.6 Å². The van der Waals surface area contributed by atoms with Crippen LogP contribution in [-0.4, -0.2) is 19.2 Å². The molecule has 1 N–H and O–H groups in total. The summed E-state index contributed by atoms with van der Waals surface area (Å²) in [5.41, 5.74) is -1.01. The van der Waals surface area contributed by atoms with Crippen molar-refractivity contribution in [1.82, 2.24) is 5.32 Å². The number of alkyl halides is 3. The van der Waals surface area contributed by atoms with Gasteiger partial charge in [-0.05, 0) is 38.1 Å². The molecule has 1 aliphatic heterocycles. The molecule has 1 fully saturated rings. The Labute approximate surface area is 124 Å². The van der Waals surface area contributed by atoms with Crippen LogP contribution in [0.15, 0.2) is 12.1 Å². The molecule has 20 heavy (non-hydrogen) atoms. The van der Waals surface area contributed by atoms with Crippen LogP contribution in [0.3, 0.4) is 0 Å². The molecule has 2 nitrogen and oxygen atoms in total. The molecule has 0 atom stereocenters. The predicted molar refractivity (Wildman–Crippen MR) is 70.2 cm³/mol. The number of nitrogens with one attached hydrogen (secondary N) is 1. The average Bonchev–Trinajstić information content (AvgIpc) is 2.34. The van der Waals surface area contributed by atoms with Gasteiger partial charge in [-0.3, -0.25) is 0 Å². The maximum atomic E-state index is 13.7. The first kappa shape index (κ1) is 17.3. The quantitative estimate of drug-likeness (QED) is 0.824. The highest BCUT2D eigenvalue weighted by Crippen LogP contribution is 2.36. The first-order valence-corrected chi connectivity index (χ1v) is 6.19. The van der Waals surface area contributed by atoms with Gasteiger partial charge in [0.25, 0.3) is 0 Å². The molecule has 114 valence electrons. The van der Waals surface area contributed by atoms with Crippen LogP contribution in [0.4, 0.5) is 17.6 Å². The summed E-state index contributed by atoms with van der Waals surface area (Å²) < 4.78 is 56.8. The maximum absolute atomic E-state index is 13.7. The number of halogens is 6. The van der Waals surface area contributed by atoms with Crippen molar-refractivity contribution in [2.75, 3.05) is 13.1 Å².